The van der Waals surface area contributed by atoms with Crippen LogP contribution in [0, 0.1) is 19.7 Å². The van der Waals surface area contributed by atoms with Crippen molar-refractivity contribution in [1.29, 1.82) is 0 Å². The van der Waals surface area contributed by atoms with Crippen molar-refractivity contribution in [1.82, 2.24) is 15.3 Å². The Morgan fingerprint density at radius 2 is 1.84 bits per heavy atom. The van der Waals surface area contributed by atoms with Crippen LogP contribution in [0.3, 0.4) is 0 Å². The van der Waals surface area contributed by atoms with Gasteiger partial charge in [0.2, 0.25) is 0 Å². The number of aryl methyl sites for hydroxylation is 2. The Hall–Kier alpha value is -4.44. The number of hydrogen-bond donors (Lipinski definition) is 3. The fraction of sp³-hybridized carbons (Fsp3) is 0.333. The molecule has 0 spiro atoms. The van der Waals surface area contributed by atoms with Crippen LogP contribution < -0.4 is 15.4 Å². The Labute approximate surface area is 247 Å². The molecule has 2 atom stereocenters. The molecule has 4 aromatic rings. The average molecular weight is 587 g/mol. The quantitative estimate of drug-likeness (QED) is 0.259. The lowest BCUT2D eigenvalue weighted by Gasteiger charge is -2.25. The molecular formula is C33H32F2N4O4. The molecule has 43 heavy (non-hydrogen) atoms. The summed E-state index contributed by atoms with van der Waals surface area (Å²) in [5, 5.41) is 17.6. The van der Waals surface area contributed by atoms with Gasteiger partial charge >= 0.3 is 0 Å². The first kappa shape index (κ1) is 28.7. The minimum Gasteiger partial charge on any atom is -0.490 e. The number of anilines is 1. The van der Waals surface area contributed by atoms with Crippen LogP contribution in [-0.2, 0) is 10.4 Å². The van der Waals surface area contributed by atoms with Gasteiger partial charge in [0.15, 0.2) is 5.67 Å². The monoisotopic (exact) mass is 586 g/mol. The lowest BCUT2D eigenvalue weighted by atomic mass is 9.94. The third-order valence-corrected chi connectivity index (χ3v) is 8.24. The van der Waals surface area contributed by atoms with Gasteiger partial charge in [-0.05, 0) is 87.7 Å². The number of fused-ring (bicyclic) bond motifs is 2. The van der Waals surface area contributed by atoms with Gasteiger partial charge in [-0.25, -0.2) is 13.8 Å². The average Bonchev–Trinajstić information content (AvgIpc) is 3.63. The third kappa shape index (κ3) is 5.43. The maximum absolute atomic E-state index is 14.5. The summed E-state index contributed by atoms with van der Waals surface area (Å²) in [5.74, 6) is -1.00. The number of ether oxygens (including phenoxy) is 1. The predicted octanol–water partition coefficient (Wildman–Crippen LogP) is 5.63. The van der Waals surface area contributed by atoms with E-state index in [9.17, 15) is 23.5 Å². The van der Waals surface area contributed by atoms with E-state index in [0.717, 1.165) is 16.8 Å². The zero-order valence-electron chi connectivity index (χ0n) is 24.3. The fourth-order valence-corrected chi connectivity index (χ4v) is 5.18. The first-order valence-electron chi connectivity index (χ1n) is 14.2. The molecule has 222 valence electrons. The van der Waals surface area contributed by atoms with Gasteiger partial charge in [-0.2, -0.15) is 0 Å². The number of aliphatic hydroxyl groups is 1. The van der Waals surface area contributed by atoms with Crippen molar-refractivity contribution in [2.24, 2.45) is 0 Å². The van der Waals surface area contributed by atoms with Crippen molar-refractivity contribution >= 4 is 28.4 Å². The lowest BCUT2D eigenvalue weighted by molar-refractivity contribution is -0.122. The zero-order chi connectivity index (χ0) is 30.7. The summed E-state index contributed by atoms with van der Waals surface area (Å²) in [4.78, 5) is 35.3. The number of carbonyl (C=O) groups is 2. The molecule has 2 aromatic carbocycles. The number of pyridine rings is 2. The molecular weight excluding hydrogens is 554 g/mol. The smallest absolute Gasteiger partial charge is 0.262 e. The van der Waals surface area contributed by atoms with Crippen LogP contribution in [0.5, 0.6) is 5.75 Å². The highest BCUT2D eigenvalue weighted by molar-refractivity contribution is 6.08. The number of aromatic nitrogens is 2. The Bertz CT molecular complexity index is 1780. The number of carbonyl (C=O) groups excluding carboxylic acids is 2. The van der Waals surface area contributed by atoms with Crippen LogP contribution in [0.2, 0.25) is 0 Å². The molecule has 1 saturated carbocycles. The van der Waals surface area contributed by atoms with E-state index in [0.29, 0.717) is 40.2 Å². The van der Waals surface area contributed by atoms with Gasteiger partial charge in [0, 0.05) is 33.7 Å². The highest BCUT2D eigenvalue weighted by Crippen LogP contribution is 2.43. The summed E-state index contributed by atoms with van der Waals surface area (Å²) in [7, 11) is 0. The number of benzene rings is 2. The molecule has 0 saturated heterocycles. The number of nitrogens with one attached hydrogen (secondary N) is 2. The fourth-order valence-electron chi connectivity index (χ4n) is 5.18. The summed E-state index contributed by atoms with van der Waals surface area (Å²) in [5.41, 5.74) is 1.37. The van der Waals surface area contributed by atoms with Crippen molar-refractivity contribution in [2.45, 2.75) is 57.7 Å². The van der Waals surface area contributed by atoms with Crippen LogP contribution in [-0.4, -0.2) is 45.7 Å². The van der Waals surface area contributed by atoms with E-state index < -0.39 is 23.1 Å². The second kappa shape index (κ2) is 10.4. The Balaban J connectivity index is 1.29. The van der Waals surface area contributed by atoms with Crippen molar-refractivity contribution in [3.8, 4) is 17.0 Å². The summed E-state index contributed by atoms with van der Waals surface area (Å²) < 4.78 is 34.0. The maximum Gasteiger partial charge on any atom is 0.262 e. The summed E-state index contributed by atoms with van der Waals surface area (Å²) in [6, 6.07) is 12.6. The molecule has 2 aromatic heterocycles. The van der Waals surface area contributed by atoms with Gasteiger partial charge in [-0.3, -0.25) is 14.6 Å². The van der Waals surface area contributed by atoms with Crippen LogP contribution in [0.1, 0.15) is 65.5 Å². The van der Waals surface area contributed by atoms with Crippen LogP contribution >= 0.6 is 0 Å². The Morgan fingerprint density at radius 3 is 2.53 bits per heavy atom. The zero-order valence-corrected chi connectivity index (χ0v) is 24.3. The molecule has 0 unspecified atom stereocenters. The SMILES string of the molecule is Cc1cc2cc(C(=O)NC[C@](C)(O)c3cc4c(c(-c5ccc(F)cc5)n3)OC[C@H]4C)cc(NC(=O)C3(F)CC3)c2nc1C. The lowest BCUT2D eigenvalue weighted by Crippen LogP contribution is -2.39. The van der Waals surface area contributed by atoms with Gasteiger partial charge in [0.25, 0.3) is 11.8 Å². The summed E-state index contributed by atoms with van der Waals surface area (Å²) >= 11 is 0. The van der Waals surface area contributed by atoms with E-state index in [1.54, 1.807) is 31.2 Å². The molecule has 2 amide bonds. The van der Waals surface area contributed by atoms with E-state index in [-0.39, 0.29) is 42.4 Å². The number of nitrogens with zero attached hydrogens (tertiary/aromatic N) is 2. The van der Waals surface area contributed by atoms with Crippen LogP contribution in [0.25, 0.3) is 22.2 Å². The van der Waals surface area contributed by atoms with E-state index in [1.165, 1.54) is 18.2 Å². The maximum atomic E-state index is 14.5. The number of amides is 2. The standard InChI is InChI=1S/C33H32F2N4O4/c1-17-11-21-12-22(13-25(27(21)37-19(17)3)38-31(41)33(35)9-10-33)30(40)36-16-32(4,42)26-14-24-18(2)15-43-29(24)28(39-26)20-5-7-23(34)8-6-20/h5-8,11-14,18,42H,9-10,15-16H2,1-4H3,(H,36,40)(H,38,41)/t18-,32+/m1/s1. The van der Waals surface area contributed by atoms with Gasteiger partial charge < -0.3 is 20.5 Å². The van der Waals surface area contributed by atoms with Crippen molar-refractivity contribution in [3.63, 3.8) is 0 Å². The number of halogens is 2. The summed E-state index contributed by atoms with van der Waals surface area (Å²) in [6.07, 6.45) is 0.310. The Morgan fingerprint density at radius 1 is 1.12 bits per heavy atom. The molecule has 3 N–H and O–H groups in total. The van der Waals surface area contributed by atoms with E-state index in [2.05, 4.69) is 15.6 Å². The highest BCUT2D eigenvalue weighted by atomic mass is 19.1. The highest BCUT2D eigenvalue weighted by Gasteiger charge is 2.51. The molecule has 1 fully saturated rings. The van der Waals surface area contributed by atoms with Crippen molar-refractivity contribution in [3.05, 3.63) is 82.4 Å². The van der Waals surface area contributed by atoms with Gasteiger partial charge in [-0.15, -0.1) is 0 Å². The molecule has 8 nitrogen and oxygen atoms in total. The number of hydrogen-bond acceptors (Lipinski definition) is 6. The van der Waals surface area contributed by atoms with E-state index in [1.807, 2.05) is 26.8 Å². The van der Waals surface area contributed by atoms with Crippen LogP contribution in [0.15, 0.2) is 48.5 Å². The molecule has 0 bridgehead atoms. The Kier molecular flexibility index (Phi) is 6.92. The number of alkyl halides is 1. The molecule has 0 radical (unpaired) electrons. The molecule has 1 aliphatic carbocycles. The first-order chi connectivity index (χ1) is 20.3. The third-order valence-electron chi connectivity index (χ3n) is 8.24. The van der Waals surface area contributed by atoms with E-state index in [4.69, 9.17) is 9.72 Å². The molecule has 6 rings (SSSR count). The molecule has 2 aliphatic rings. The first-order valence-corrected chi connectivity index (χ1v) is 14.2. The van der Waals surface area contributed by atoms with Crippen molar-refractivity contribution < 1.29 is 28.2 Å². The normalized spacial score (nSPS) is 18.0. The topological polar surface area (TPSA) is 113 Å². The second-order valence-electron chi connectivity index (χ2n) is 11.9. The molecule has 3 heterocycles. The minimum atomic E-state index is -1.90. The minimum absolute atomic E-state index is 0.0485. The number of rotatable bonds is 7. The molecule has 10 heteroatoms. The van der Waals surface area contributed by atoms with Gasteiger partial charge in [0.1, 0.15) is 22.9 Å². The van der Waals surface area contributed by atoms with E-state index >= 15 is 0 Å². The van der Waals surface area contributed by atoms with Crippen molar-refractivity contribution in [2.75, 3.05) is 18.5 Å². The van der Waals surface area contributed by atoms with Crippen LogP contribution in [0.4, 0.5) is 14.5 Å². The summed E-state index contributed by atoms with van der Waals surface area (Å²) in [6.45, 7) is 7.54. The molecule has 1 aliphatic heterocycles. The largest absolute Gasteiger partial charge is 0.490 e. The van der Waals surface area contributed by atoms with Gasteiger partial charge in [0.05, 0.1) is 30.0 Å². The predicted molar refractivity (Wildman–Crippen MR) is 158 cm³/mol. The second-order valence-corrected chi connectivity index (χ2v) is 11.9. The van der Waals surface area contributed by atoms with Gasteiger partial charge in [-0.1, -0.05) is 6.92 Å².